The molecule has 0 bridgehead atoms. The van der Waals surface area contributed by atoms with Crippen molar-refractivity contribution in [1.82, 2.24) is 0 Å². The predicted octanol–water partition coefficient (Wildman–Crippen LogP) is 2.44. The van der Waals surface area contributed by atoms with Gasteiger partial charge in [0.05, 0.1) is 0 Å². The summed E-state index contributed by atoms with van der Waals surface area (Å²) in [4.78, 5) is 2.27. The molecule has 4 nitrogen and oxygen atoms in total. The van der Waals surface area contributed by atoms with E-state index in [4.69, 9.17) is 0 Å². The second kappa shape index (κ2) is 7.20. The molecule has 0 saturated carbocycles. The molecule has 107 valence electrons. The Labute approximate surface area is 121 Å². The number of rotatable bonds is 7. The van der Waals surface area contributed by atoms with Crippen LogP contribution >= 0.6 is 0 Å². The number of sulfonamides is 1. The Morgan fingerprint density at radius 3 is 2.63 bits per heavy atom. The molecule has 0 atom stereocenters. The Morgan fingerprint density at radius 1 is 1.42 bits per heavy atom. The summed E-state index contributed by atoms with van der Waals surface area (Å²) in [6, 6.07) is 8.48. The molecule has 1 rings (SSSR count). The summed E-state index contributed by atoms with van der Waals surface area (Å²) in [5, 5.41) is 1.26. The van der Waals surface area contributed by atoms with Crippen molar-refractivity contribution in [2.75, 3.05) is 29.0 Å². The van der Waals surface area contributed by atoms with Gasteiger partial charge in [-0.05, 0) is 0 Å². The monoisotopic (exact) mass is 345 g/mol. The van der Waals surface area contributed by atoms with Gasteiger partial charge >= 0.3 is 121 Å². The van der Waals surface area contributed by atoms with Gasteiger partial charge in [-0.3, -0.25) is 0 Å². The first kappa shape index (κ1) is 16.4. The zero-order valence-electron chi connectivity index (χ0n) is 12.0. The normalized spacial score (nSPS) is 11.6. The third-order valence-corrected chi connectivity index (χ3v) is 5.53. The number of nitrogens with one attached hydrogen (secondary N) is 1. The SMILES string of the molecule is CCN(CC[As](C)C)c1cc[c]c(NS(C)(=O)=O)c1. The Hall–Kier alpha value is -0.672. The van der Waals surface area contributed by atoms with E-state index in [2.05, 4.69) is 34.0 Å². The Kier molecular flexibility index (Phi) is 6.21. The summed E-state index contributed by atoms with van der Waals surface area (Å²) in [7, 11) is -3.24. The average molecular weight is 345 g/mol. The van der Waals surface area contributed by atoms with Gasteiger partial charge in [0.1, 0.15) is 0 Å². The third kappa shape index (κ3) is 6.35. The van der Waals surface area contributed by atoms with Crippen molar-refractivity contribution in [2.24, 2.45) is 0 Å². The standard InChI is InChI=1S/C13H22AsN2O2S/c1-5-16(10-9-14(2)3)13-8-6-7-12(11-13)15-19(4,17)18/h6,8,11,15H,5,9-10H2,1-4H3. The van der Waals surface area contributed by atoms with E-state index in [9.17, 15) is 8.42 Å². The molecule has 0 unspecified atom stereocenters. The van der Waals surface area contributed by atoms with Crippen molar-refractivity contribution in [1.29, 1.82) is 0 Å². The molecule has 0 aliphatic carbocycles. The number of benzene rings is 1. The Balaban J connectivity index is 2.84. The molecule has 0 heterocycles. The van der Waals surface area contributed by atoms with Gasteiger partial charge < -0.3 is 0 Å². The summed E-state index contributed by atoms with van der Waals surface area (Å²) in [5.74, 6) is 0. The first-order chi connectivity index (χ1) is 8.81. The van der Waals surface area contributed by atoms with Crippen LogP contribution in [0.5, 0.6) is 0 Å². The number of nitrogens with zero attached hydrogens (tertiary/aromatic N) is 1. The van der Waals surface area contributed by atoms with Crippen LogP contribution < -0.4 is 9.62 Å². The van der Waals surface area contributed by atoms with E-state index in [0.717, 1.165) is 25.0 Å². The first-order valence-corrected chi connectivity index (χ1v) is 13.2. The molecule has 1 aromatic rings. The van der Waals surface area contributed by atoms with E-state index in [-0.39, 0.29) is 0 Å². The van der Waals surface area contributed by atoms with Crippen LogP contribution in [0.4, 0.5) is 11.4 Å². The molecule has 1 radical (unpaired) electrons. The Bertz CT molecular complexity index is 503. The average Bonchev–Trinajstić information content (AvgIpc) is 2.27. The molecule has 0 spiro atoms. The van der Waals surface area contributed by atoms with E-state index in [1.54, 1.807) is 6.07 Å². The van der Waals surface area contributed by atoms with Gasteiger partial charge in [-0.1, -0.05) is 0 Å². The van der Waals surface area contributed by atoms with E-state index in [1.165, 1.54) is 5.21 Å². The fourth-order valence-electron chi connectivity index (χ4n) is 1.70. The van der Waals surface area contributed by atoms with Crippen molar-refractivity contribution in [3.05, 3.63) is 24.3 Å². The Morgan fingerprint density at radius 2 is 2.11 bits per heavy atom. The van der Waals surface area contributed by atoms with Gasteiger partial charge in [0.15, 0.2) is 0 Å². The van der Waals surface area contributed by atoms with Crippen molar-refractivity contribution < 1.29 is 8.42 Å². The van der Waals surface area contributed by atoms with Gasteiger partial charge in [0.25, 0.3) is 0 Å². The van der Waals surface area contributed by atoms with Crippen molar-refractivity contribution in [3.63, 3.8) is 0 Å². The maximum atomic E-state index is 11.2. The molecule has 0 aromatic heterocycles. The van der Waals surface area contributed by atoms with E-state index >= 15 is 0 Å². The maximum absolute atomic E-state index is 11.2. The van der Waals surface area contributed by atoms with Crippen molar-refractivity contribution in [2.45, 2.75) is 23.6 Å². The number of anilines is 2. The molecule has 0 fully saturated rings. The predicted molar refractivity (Wildman–Crippen MR) is 83.9 cm³/mol. The third-order valence-electron chi connectivity index (χ3n) is 2.64. The van der Waals surface area contributed by atoms with Crippen LogP contribution in [0.1, 0.15) is 6.92 Å². The molecule has 1 aromatic carbocycles. The van der Waals surface area contributed by atoms with Gasteiger partial charge in [-0.25, -0.2) is 0 Å². The van der Waals surface area contributed by atoms with Gasteiger partial charge in [-0.15, -0.1) is 0 Å². The van der Waals surface area contributed by atoms with Crippen LogP contribution in [0.2, 0.25) is 16.6 Å². The molecule has 0 aliphatic heterocycles. The van der Waals surface area contributed by atoms with Crippen molar-refractivity contribution in [3.8, 4) is 0 Å². The zero-order chi connectivity index (χ0) is 14.5. The van der Waals surface area contributed by atoms with Crippen LogP contribution in [-0.2, 0) is 10.0 Å². The van der Waals surface area contributed by atoms with Crippen LogP contribution in [-0.4, -0.2) is 42.4 Å². The van der Waals surface area contributed by atoms with Crippen LogP contribution in [0, 0.1) is 6.07 Å². The van der Waals surface area contributed by atoms with Crippen LogP contribution in [0.15, 0.2) is 18.2 Å². The fraction of sp³-hybridized carbons (Fsp3) is 0.538. The van der Waals surface area contributed by atoms with E-state index in [1.807, 2.05) is 12.1 Å². The molecular weight excluding hydrogens is 323 g/mol. The summed E-state index contributed by atoms with van der Waals surface area (Å²) in [5.41, 5.74) is 6.23. The molecule has 0 aliphatic rings. The van der Waals surface area contributed by atoms with Gasteiger partial charge in [-0.2, -0.15) is 0 Å². The van der Waals surface area contributed by atoms with Gasteiger partial charge in [0, 0.05) is 0 Å². The molecular formula is C13H22AsN2O2S. The summed E-state index contributed by atoms with van der Waals surface area (Å²) < 4.78 is 24.9. The molecule has 0 saturated heterocycles. The zero-order valence-corrected chi connectivity index (χ0v) is 14.7. The molecule has 1 N–H and O–H groups in total. The van der Waals surface area contributed by atoms with Gasteiger partial charge in [0.2, 0.25) is 0 Å². The van der Waals surface area contributed by atoms with Crippen molar-refractivity contribution >= 4 is 36.0 Å². The number of hydrogen-bond donors (Lipinski definition) is 1. The quantitative estimate of drug-likeness (QED) is 0.773. The topological polar surface area (TPSA) is 49.4 Å². The minimum atomic E-state index is -3.24. The summed E-state index contributed by atoms with van der Waals surface area (Å²) >= 11 is -0.633. The fourth-order valence-corrected chi connectivity index (χ4v) is 3.56. The summed E-state index contributed by atoms with van der Waals surface area (Å²) in [6.45, 7) is 4.07. The summed E-state index contributed by atoms with van der Waals surface area (Å²) in [6.07, 6.45) is 1.15. The first-order valence-electron chi connectivity index (χ1n) is 6.21. The molecule has 0 amide bonds. The van der Waals surface area contributed by atoms with E-state index in [0.29, 0.717) is 5.69 Å². The van der Waals surface area contributed by atoms with Crippen LogP contribution in [0.3, 0.4) is 0 Å². The minimum absolute atomic E-state index is 0.501. The second-order valence-electron chi connectivity index (χ2n) is 4.72. The molecule has 6 heteroatoms. The second-order valence-corrected chi connectivity index (χ2v) is 11.9. The van der Waals surface area contributed by atoms with E-state index < -0.39 is 24.7 Å². The molecule has 19 heavy (non-hydrogen) atoms. The van der Waals surface area contributed by atoms with Crippen LogP contribution in [0.25, 0.3) is 0 Å². The number of hydrogen-bond acceptors (Lipinski definition) is 3.